The van der Waals surface area contributed by atoms with Gasteiger partial charge in [-0.15, -0.1) is 0 Å². The number of nitrogens with one attached hydrogen (secondary N) is 2. The summed E-state index contributed by atoms with van der Waals surface area (Å²) in [7, 11) is 4.12. The Kier molecular flexibility index (Phi) is 7.44. The Balaban J connectivity index is 1.71. The maximum Gasteiger partial charge on any atom is 0.262 e. The summed E-state index contributed by atoms with van der Waals surface area (Å²) in [4.78, 5) is 14.1. The third-order valence-corrected chi connectivity index (χ3v) is 3.69. The van der Waals surface area contributed by atoms with Crippen LogP contribution in [0.5, 0.6) is 5.75 Å². The number of carbonyl (C=O) groups excluding carboxylic acids is 1. The molecule has 0 aromatic heterocycles. The number of ether oxygens (including phenoxy) is 1. The predicted molar refractivity (Wildman–Crippen MR) is 102 cm³/mol. The van der Waals surface area contributed by atoms with Crippen molar-refractivity contribution in [3.05, 3.63) is 59.7 Å². The molecule has 0 unspecified atom stereocenters. The zero-order chi connectivity index (χ0) is 18.1. The van der Waals surface area contributed by atoms with E-state index < -0.39 is 0 Å². The second-order valence-electron chi connectivity index (χ2n) is 6.33. The van der Waals surface area contributed by atoms with E-state index in [0.717, 1.165) is 30.9 Å². The highest BCUT2D eigenvalue weighted by Crippen LogP contribution is 2.13. The first kappa shape index (κ1) is 19.0. The number of likely N-dealkylation sites (N-methyl/N-ethyl adjacent to an activating group) is 1. The Bertz CT molecular complexity index is 652. The number of carbonyl (C=O) groups is 1. The molecule has 134 valence electrons. The summed E-state index contributed by atoms with van der Waals surface area (Å²) in [6.45, 7) is 4.79. The molecule has 2 aromatic rings. The van der Waals surface area contributed by atoms with Crippen LogP contribution in [0.25, 0.3) is 0 Å². The molecule has 25 heavy (non-hydrogen) atoms. The molecule has 2 rings (SSSR count). The van der Waals surface area contributed by atoms with Gasteiger partial charge in [0.25, 0.3) is 5.91 Å². The van der Waals surface area contributed by atoms with Gasteiger partial charge >= 0.3 is 0 Å². The van der Waals surface area contributed by atoms with Crippen molar-refractivity contribution in [3.8, 4) is 5.75 Å². The third kappa shape index (κ3) is 7.37. The molecule has 0 saturated carbocycles. The second-order valence-corrected chi connectivity index (χ2v) is 6.33. The Morgan fingerprint density at radius 1 is 1.04 bits per heavy atom. The molecule has 0 aliphatic heterocycles. The topological polar surface area (TPSA) is 53.6 Å². The highest BCUT2D eigenvalue weighted by atomic mass is 16.5. The van der Waals surface area contributed by atoms with Crippen molar-refractivity contribution >= 4 is 11.6 Å². The molecule has 2 N–H and O–H groups in total. The van der Waals surface area contributed by atoms with E-state index in [4.69, 9.17) is 4.74 Å². The summed E-state index contributed by atoms with van der Waals surface area (Å²) in [6, 6.07) is 15.5. The quantitative estimate of drug-likeness (QED) is 0.689. The number of hydrogen-bond acceptors (Lipinski definition) is 4. The lowest BCUT2D eigenvalue weighted by atomic mass is 10.2. The highest BCUT2D eigenvalue weighted by molar-refractivity contribution is 5.91. The lowest BCUT2D eigenvalue weighted by Crippen LogP contribution is -2.26. The van der Waals surface area contributed by atoms with E-state index >= 15 is 0 Å². The number of aryl methyl sites for hydroxylation is 1. The standard InChI is InChI=1S/C20H27N3O2/c1-16-4-8-18(9-5-16)22-20(24)15-25-19-10-6-17(7-11-19)14-21-12-13-23(2)3/h4-11,21H,12-15H2,1-3H3,(H,22,24). The summed E-state index contributed by atoms with van der Waals surface area (Å²) in [5, 5.41) is 6.20. The van der Waals surface area contributed by atoms with Crippen LogP contribution in [0.1, 0.15) is 11.1 Å². The van der Waals surface area contributed by atoms with E-state index in [2.05, 4.69) is 29.6 Å². The summed E-state index contributed by atoms with van der Waals surface area (Å²) in [6.07, 6.45) is 0. The van der Waals surface area contributed by atoms with E-state index in [1.165, 1.54) is 5.56 Å². The molecular formula is C20H27N3O2. The van der Waals surface area contributed by atoms with Crippen LogP contribution in [0.2, 0.25) is 0 Å². The maximum absolute atomic E-state index is 11.9. The average Bonchev–Trinajstić information content (AvgIpc) is 2.60. The van der Waals surface area contributed by atoms with Crippen LogP contribution in [0.3, 0.4) is 0 Å². The summed E-state index contributed by atoms with van der Waals surface area (Å²) in [5.41, 5.74) is 3.12. The fraction of sp³-hybridized carbons (Fsp3) is 0.350. The van der Waals surface area contributed by atoms with Gasteiger partial charge in [0.1, 0.15) is 5.75 Å². The number of amides is 1. The molecule has 0 spiro atoms. The van der Waals surface area contributed by atoms with E-state index in [9.17, 15) is 4.79 Å². The van der Waals surface area contributed by atoms with Gasteiger partial charge < -0.3 is 20.3 Å². The minimum absolute atomic E-state index is 0.00565. The lowest BCUT2D eigenvalue weighted by molar-refractivity contribution is -0.118. The predicted octanol–water partition coefficient (Wildman–Crippen LogP) is 2.66. The van der Waals surface area contributed by atoms with Crippen LogP contribution in [0.4, 0.5) is 5.69 Å². The number of hydrogen-bond donors (Lipinski definition) is 2. The second kappa shape index (κ2) is 9.81. The van der Waals surface area contributed by atoms with Crippen molar-refractivity contribution in [1.29, 1.82) is 0 Å². The van der Waals surface area contributed by atoms with Gasteiger partial charge in [-0.2, -0.15) is 0 Å². The summed E-state index contributed by atoms with van der Waals surface area (Å²) < 4.78 is 5.54. The van der Waals surface area contributed by atoms with Crippen LogP contribution in [0.15, 0.2) is 48.5 Å². The Morgan fingerprint density at radius 3 is 2.36 bits per heavy atom. The van der Waals surface area contributed by atoms with Gasteiger partial charge in [0, 0.05) is 25.3 Å². The van der Waals surface area contributed by atoms with Gasteiger partial charge in [-0.3, -0.25) is 4.79 Å². The molecule has 0 bridgehead atoms. The van der Waals surface area contributed by atoms with Crippen molar-refractivity contribution in [1.82, 2.24) is 10.2 Å². The van der Waals surface area contributed by atoms with Gasteiger partial charge in [-0.05, 0) is 50.8 Å². The van der Waals surface area contributed by atoms with Crippen molar-refractivity contribution in [2.24, 2.45) is 0 Å². The summed E-state index contributed by atoms with van der Waals surface area (Å²) in [5.74, 6) is 0.523. The van der Waals surface area contributed by atoms with Gasteiger partial charge in [-0.25, -0.2) is 0 Å². The normalized spacial score (nSPS) is 10.7. The average molecular weight is 341 g/mol. The largest absolute Gasteiger partial charge is 0.484 e. The van der Waals surface area contributed by atoms with Gasteiger partial charge in [-0.1, -0.05) is 29.8 Å². The zero-order valence-electron chi connectivity index (χ0n) is 15.2. The van der Waals surface area contributed by atoms with Gasteiger partial charge in [0.15, 0.2) is 6.61 Å². The van der Waals surface area contributed by atoms with Crippen molar-refractivity contribution in [3.63, 3.8) is 0 Å². The lowest BCUT2D eigenvalue weighted by Gasteiger charge is -2.11. The third-order valence-electron chi connectivity index (χ3n) is 3.69. The van der Waals surface area contributed by atoms with E-state index in [0.29, 0.717) is 5.75 Å². The monoisotopic (exact) mass is 341 g/mol. The SMILES string of the molecule is Cc1ccc(NC(=O)COc2ccc(CNCCN(C)C)cc2)cc1. The minimum atomic E-state index is -0.168. The van der Waals surface area contributed by atoms with Gasteiger partial charge in [0.05, 0.1) is 0 Å². The molecule has 5 heteroatoms. The molecule has 0 saturated heterocycles. The van der Waals surface area contributed by atoms with E-state index in [1.54, 1.807) is 0 Å². The fourth-order valence-electron chi connectivity index (χ4n) is 2.22. The zero-order valence-corrected chi connectivity index (χ0v) is 15.2. The molecule has 0 aliphatic carbocycles. The highest BCUT2D eigenvalue weighted by Gasteiger charge is 2.04. The first-order valence-electron chi connectivity index (χ1n) is 8.46. The molecule has 5 nitrogen and oxygen atoms in total. The van der Waals surface area contributed by atoms with E-state index in [1.807, 2.05) is 55.5 Å². The molecule has 0 aliphatic rings. The van der Waals surface area contributed by atoms with Crippen LogP contribution in [0, 0.1) is 6.92 Å². The maximum atomic E-state index is 11.9. The first-order chi connectivity index (χ1) is 12.0. The Morgan fingerprint density at radius 2 is 1.72 bits per heavy atom. The molecule has 0 heterocycles. The van der Waals surface area contributed by atoms with Crippen LogP contribution in [-0.4, -0.2) is 44.6 Å². The number of anilines is 1. The summed E-state index contributed by atoms with van der Waals surface area (Å²) >= 11 is 0. The molecule has 1 amide bonds. The number of rotatable bonds is 9. The first-order valence-corrected chi connectivity index (χ1v) is 8.46. The number of benzene rings is 2. The smallest absolute Gasteiger partial charge is 0.262 e. The molecule has 0 radical (unpaired) electrons. The van der Waals surface area contributed by atoms with Crippen LogP contribution < -0.4 is 15.4 Å². The minimum Gasteiger partial charge on any atom is -0.484 e. The molecular weight excluding hydrogens is 314 g/mol. The van der Waals surface area contributed by atoms with Crippen molar-refractivity contribution in [2.75, 3.05) is 39.1 Å². The van der Waals surface area contributed by atoms with Crippen LogP contribution >= 0.6 is 0 Å². The number of nitrogens with zero attached hydrogens (tertiary/aromatic N) is 1. The fourth-order valence-corrected chi connectivity index (χ4v) is 2.22. The van der Waals surface area contributed by atoms with Crippen LogP contribution in [-0.2, 0) is 11.3 Å². The Labute approximate surface area is 150 Å². The molecule has 2 aromatic carbocycles. The molecule has 0 atom stereocenters. The Hall–Kier alpha value is -2.37. The van der Waals surface area contributed by atoms with E-state index in [-0.39, 0.29) is 12.5 Å². The molecule has 0 fully saturated rings. The van der Waals surface area contributed by atoms with Gasteiger partial charge in [0.2, 0.25) is 0 Å². The van der Waals surface area contributed by atoms with Crippen molar-refractivity contribution < 1.29 is 9.53 Å². The van der Waals surface area contributed by atoms with Crippen molar-refractivity contribution in [2.45, 2.75) is 13.5 Å².